The van der Waals surface area contributed by atoms with Crippen molar-refractivity contribution in [2.45, 2.75) is 51.5 Å². The van der Waals surface area contributed by atoms with E-state index in [4.69, 9.17) is 0 Å². The van der Waals surface area contributed by atoms with Gasteiger partial charge in [-0.1, -0.05) is 31.4 Å². The minimum absolute atomic E-state index is 0.0600. The van der Waals surface area contributed by atoms with Crippen molar-refractivity contribution in [3.63, 3.8) is 0 Å². The van der Waals surface area contributed by atoms with Crippen LogP contribution >= 0.6 is 11.3 Å². The van der Waals surface area contributed by atoms with Crippen LogP contribution in [-0.2, 0) is 11.2 Å². The number of rotatable bonds is 4. The molecular weight excluding hydrogens is 377 g/mol. The van der Waals surface area contributed by atoms with Crippen molar-refractivity contribution in [3.8, 4) is 11.1 Å². The van der Waals surface area contributed by atoms with E-state index in [1.54, 1.807) is 12.1 Å². The third kappa shape index (κ3) is 3.85. The summed E-state index contributed by atoms with van der Waals surface area (Å²) in [6.07, 6.45) is 5.61. The zero-order chi connectivity index (χ0) is 19.7. The molecule has 2 N–H and O–H groups in total. The molecule has 2 aromatic heterocycles. The molecule has 2 heterocycles. The molecule has 0 radical (unpaired) electrons. The van der Waals surface area contributed by atoms with Crippen molar-refractivity contribution in [2.75, 3.05) is 0 Å². The third-order valence-corrected chi connectivity index (χ3v) is 6.22. The molecule has 0 aliphatic heterocycles. The SMILES string of the molecule is Cc1sc2nc(CC(=O)NC3CCCCC3)[nH]c(=O)c2c1-c1ccc(F)cc1. The number of carbonyl (C=O) groups is 1. The standard InChI is InChI=1S/C21H22FN3O2S/c1-12-18(13-7-9-14(22)10-8-13)19-20(27)24-16(25-21(19)28-12)11-17(26)23-15-5-3-2-4-6-15/h7-10,15H,2-6,11H2,1H3,(H,23,26)(H,24,25,27). The maximum absolute atomic E-state index is 13.2. The Bertz CT molecular complexity index is 1070. The summed E-state index contributed by atoms with van der Waals surface area (Å²) in [7, 11) is 0. The Kier molecular flexibility index (Phi) is 5.26. The van der Waals surface area contributed by atoms with Crippen molar-refractivity contribution < 1.29 is 9.18 Å². The van der Waals surface area contributed by atoms with E-state index in [2.05, 4.69) is 15.3 Å². The number of carbonyl (C=O) groups excluding carboxylic acids is 1. The highest BCUT2D eigenvalue weighted by atomic mass is 32.1. The minimum atomic E-state index is -0.320. The van der Waals surface area contributed by atoms with Gasteiger partial charge in [-0.3, -0.25) is 9.59 Å². The first-order valence-corrected chi connectivity index (χ1v) is 10.4. The van der Waals surface area contributed by atoms with Gasteiger partial charge < -0.3 is 10.3 Å². The van der Waals surface area contributed by atoms with Crippen molar-refractivity contribution in [3.05, 3.63) is 51.1 Å². The second-order valence-corrected chi connectivity index (χ2v) is 8.52. The number of halogens is 1. The topological polar surface area (TPSA) is 74.8 Å². The number of aromatic amines is 1. The molecule has 1 aliphatic carbocycles. The summed E-state index contributed by atoms with van der Waals surface area (Å²) < 4.78 is 13.2. The molecule has 5 nitrogen and oxygen atoms in total. The monoisotopic (exact) mass is 399 g/mol. The number of H-pyrrole nitrogens is 1. The first-order valence-electron chi connectivity index (χ1n) is 9.59. The summed E-state index contributed by atoms with van der Waals surface area (Å²) in [4.78, 5) is 33.9. The van der Waals surface area contributed by atoms with Gasteiger partial charge in [0.25, 0.3) is 5.56 Å². The number of nitrogens with zero attached hydrogens (tertiary/aromatic N) is 1. The number of aryl methyl sites for hydroxylation is 1. The molecule has 1 fully saturated rings. The summed E-state index contributed by atoms with van der Waals surface area (Å²) in [5, 5.41) is 3.54. The maximum atomic E-state index is 13.2. The summed E-state index contributed by atoms with van der Waals surface area (Å²) in [6.45, 7) is 1.92. The fourth-order valence-electron chi connectivity index (χ4n) is 3.89. The zero-order valence-electron chi connectivity index (χ0n) is 15.7. The largest absolute Gasteiger partial charge is 0.353 e. The molecule has 28 heavy (non-hydrogen) atoms. The number of amides is 1. The van der Waals surface area contributed by atoms with Crippen molar-refractivity contribution in [2.24, 2.45) is 0 Å². The summed E-state index contributed by atoms with van der Waals surface area (Å²) in [5.41, 5.74) is 1.28. The molecule has 146 valence electrons. The lowest BCUT2D eigenvalue weighted by molar-refractivity contribution is -0.121. The number of fused-ring (bicyclic) bond motifs is 1. The fourth-order valence-corrected chi connectivity index (χ4v) is 4.95. The van der Waals surface area contributed by atoms with E-state index in [-0.39, 0.29) is 29.7 Å². The molecule has 0 bridgehead atoms. The van der Waals surface area contributed by atoms with Gasteiger partial charge in [-0.25, -0.2) is 9.37 Å². The number of thiophene rings is 1. The van der Waals surface area contributed by atoms with Crippen LogP contribution in [0.15, 0.2) is 29.1 Å². The van der Waals surface area contributed by atoms with Gasteiger partial charge in [-0.2, -0.15) is 0 Å². The molecule has 1 amide bonds. The van der Waals surface area contributed by atoms with Crippen LogP contribution < -0.4 is 10.9 Å². The Morgan fingerprint density at radius 3 is 2.68 bits per heavy atom. The van der Waals surface area contributed by atoms with Gasteiger partial charge in [0.1, 0.15) is 16.5 Å². The third-order valence-electron chi connectivity index (χ3n) is 5.22. The lowest BCUT2D eigenvalue weighted by atomic mass is 9.95. The van der Waals surface area contributed by atoms with E-state index in [9.17, 15) is 14.0 Å². The maximum Gasteiger partial charge on any atom is 0.260 e. The average molecular weight is 399 g/mol. The molecule has 7 heteroatoms. The van der Waals surface area contributed by atoms with Crippen LogP contribution in [0.25, 0.3) is 21.3 Å². The highest BCUT2D eigenvalue weighted by Crippen LogP contribution is 2.35. The van der Waals surface area contributed by atoms with Crippen molar-refractivity contribution in [1.82, 2.24) is 15.3 Å². The van der Waals surface area contributed by atoms with Crippen molar-refractivity contribution in [1.29, 1.82) is 0 Å². The predicted molar refractivity (Wildman–Crippen MR) is 109 cm³/mol. The number of hydrogen-bond donors (Lipinski definition) is 2. The minimum Gasteiger partial charge on any atom is -0.353 e. The molecule has 1 saturated carbocycles. The Hall–Kier alpha value is -2.54. The Morgan fingerprint density at radius 2 is 1.96 bits per heavy atom. The fraction of sp³-hybridized carbons (Fsp3) is 0.381. The molecular formula is C21H22FN3O2S. The van der Waals surface area contributed by atoms with Crippen LogP contribution in [0.4, 0.5) is 4.39 Å². The van der Waals surface area contributed by atoms with Crippen LogP contribution in [-0.4, -0.2) is 21.9 Å². The molecule has 0 saturated heterocycles. The molecule has 3 aromatic rings. The summed E-state index contributed by atoms with van der Waals surface area (Å²) in [6, 6.07) is 6.31. The van der Waals surface area contributed by atoms with Crippen molar-refractivity contribution >= 4 is 27.5 Å². The molecule has 0 unspecified atom stereocenters. The predicted octanol–water partition coefficient (Wildman–Crippen LogP) is 4.09. The normalized spacial score (nSPS) is 15.1. The van der Waals surface area contributed by atoms with Gasteiger partial charge >= 0.3 is 0 Å². The molecule has 4 rings (SSSR count). The smallest absolute Gasteiger partial charge is 0.260 e. The summed E-state index contributed by atoms with van der Waals surface area (Å²) in [5.74, 6) is -0.0570. The van der Waals surface area contributed by atoms with Gasteiger partial charge in [0.05, 0.1) is 11.8 Å². The highest BCUT2D eigenvalue weighted by molar-refractivity contribution is 7.19. The lowest BCUT2D eigenvalue weighted by Crippen LogP contribution is -2.37. The van der Waals surface area contributed by atoms with Crippen LogP contribution in [0.5, 0.6) is 0 Å². The van der Waals surface area contributed by atoms with E-state index in [0.29, 0.717) is 16.0 Å². The van der Waals surface area contributed by atoms with Gasteiger partial charge in [-0.15, -0.1) is 11.3 Å². The van der Waals surface area contributed by atoms with E-state index < -0.39 is 0 Å². The number of benzene rings is 1. The Labute approximate surface area is 166 Å². The van der Waals surface area contributed by atoms with E-state index in [1.807, 2.05) is 6.92 Å². The van der Waals surface area contributed by atoms with Gasteiger partial charge in [0, 0.05) is 16.5 Å². The highest BCUT2D eigenvalue weighted by Gasteiger charge is 2.19. The molecule has 1 aliphatic rings. The van der Waals surface area contributed by atoms with Gasteiger partial charge in [0.2, 0.25) is 5.91 Å². The Balaban J connectivity index is 1.61. The van der Waals surface area contributed by atoms with Gasteiger partial charge in [-0.05, 0) is 37.5 Å². The Morgan fingerprint density at radius 1 is 1.25 bits per heavy atom. The lowest BCUT2D eigenvalue weighted by Gasteiger charge is -2.22. The first kappa shape index (κ1) is 18.8. The van der Waals surface area contributed by atoms with Crippen LogP contribution in [0.1, 0.15) is 42.8 Å². The van der Waals surface area contributed by atoms with Crippen LogP contribution in [0, 0.1) is 12.7 Å². The van der Waals surface area contributed by atoms with Crippen LogP contribution in [0.3, 0.4) is 0 Å². The van der Waals surface area contributed by atoms with Gasteiger partial charge in [0.15, 0.2) is 0 Å². The van der Waals surface area contributed by atoms with Crippen LogP contribution in [0.2, 0.25) is 0 Å². The first-order chi connectivity index (χ1) is 13.5. The molecule has 0 spiro atoms. The van der Waals surface area contributed by atoms with E-state index in [1.165, 1.54) is 29.9 Å². The quantitative estimate of drug-likeness (QED) is 0.694. The van der Waals surface area contributed by atoms with E-state index >= 15 is 0 Å². The number of hydrogen-bond acceptors (Lipinski definition) is 4. The van der Waals surface area contributed by atoms with E-state index in [0.717, 1.165) is 41.7 Å². The second-order valence-electron chi connectivity index (χ2n) is 7.31. The average Bonchev–Trinajstić information content (AvgIpc) is 2.99. The number of aromatic nitrogens is 2. The molecule has 1 aromatic carbocycles. The summed E-state index contributed by atoms with van der Waals surface area (Å²) >= 11 is 1.41. The zero-order valence-corrected chi connectivity index (χ0v) is 16.5. The molecule has 0 atom stereocenters. The number of nitrogens with one attached hydrogen (secondary N) is 2. The second kappa shape index (κ2) is 7.83.